The molecule has 1 amide bonds. The van der Waals surface area contributed by atoms with Crippen molar-refractivity contribution < 1.29 is 14.7 Å². The molecule has 16 heavy (non-hydrogen) atoms. The lowest BCUT2D eigenvalue weighted by Gasteiger charge is -2.05. The van der Waals surface area contributed by atoms with E-state index in [2.05, 4.69) is 5.32 Å². The molecule has 0 fully saturated rings. The van der Waals surface area contributed by atoms with Crippen LogP contribution in [0.2, 0.25) is 5.02 Å². The molecule has 0 aliphatic heterocycles. The fourth-order valence-electron chi connectivity index (χ4n) is 1.18. The molecule has 0 aromatic heterocycles. The van der Waals surface area contributed by atoms with Crippen LogP contribution in [0.4, 0.5) is 0 Å². The first-order valence-electron chi connectivity index (χ1n) is 4.77. The molecule has 1 aromatic rings. The number of hydrogen-bond acceptors (Lipinski definition) is 2. The van der Waals surface area contributed by atoms with Crippen LogP contribution in [-0.4, -0.2) is 23.5 Å². The SMILES string of the molecule is Cc1ccc(C(=O)NCCC(=O)O)c(Cl)c1. The van der Waals surface area contributed by atoms with Crippen molar-refractivity contribution in [2.45, 2.75) is 13.3 Å². The van der Waals surface area contributed by atoms with Crippen LogP contribution in [0.15, 0.2) is 18.2 Å². The van der Waals surface area contributed by atoms with Crippen molar-refractivity contribution in [3.63, 3.8) is 0 Å². The predicted molar refractivity (Wildman–Crippen MR) is 60.8 cm³/mol. The number of nitrogens with one attached hydrogen (secondary N) is 1. The number of halogens is 1. The number of aryl methyl sites for hydroxylation is 1. The smallest absolute Gasteiger partial charge is 0.305 e. The van der Waals surface area contributed by atoms with E-state index < -0.39 is 5.97 Å². The van der Waals surface area contributed by atoms with Gasteiger partial charge in [-0.25, -0.2) is 0 Å². The van der Waals surface area contributed by atoms with Crippen molar-refractivity contribution in [3.8, 4) is 0 Å². The van der Waals surface area contributed by atoms with Gasteiger partial charge in [-0.1, -0.05) is 17.7 Å². The Hall–Kier alpha value is -1.55. The second kappa shape index (κ2) is 5.51. The van der Waals surface area contributed by atoms with Crippen molar-refractivity contribution in [3.05, 3.63) is 34.3 Å². The second-order valence-electron chi connectivity index (χ2n) is 3.38. The summed E-state index contributed by atoms with van der Waals surface area (Å²) in [6.07, 6.45) is -0.102. The van der Waals surface area contributed by atoms with E-state index in [1.165, 1.54) is 0 Å². The van der Waals surface area contributed by atoms with Gasteiger partial charge < -0.3 is 10.4 Å². The highest BCUT2D eigenvalue weighted by Crippen LogP contribution is 2.17. The first-order chi connectivity index (χ1) is 7.50. The van der Waals surface area contributed by atoms with Crippen LogP contribution < -0.4 is 5.32 Å². The van der Waals surface area contributed by atoms with Gasteiger partial charge in [0.15, 0.2) is 0 Å². The quantitative estimate of drug-likeness (QED) is 0.846. The minimum atomic E-state index is -0.949. The van der Waals surface area contributed by atoms with Crippen LogP contribution in [0.25, 0.3) is 0 Å². The number of benzene rings is 1. The Morgan fingerprint density at radius 1 is 1.44 bits per heavy atom. The summed E-state index contributed by atoms with van der Waals surface area (Å²) in [5.41, 5.74) is 1.32. The van der Waals surface area contributed by atoms with Gasteiger partial charge in [0.05, 0.1) is 17.0 Å². The zero-order chi connectivity index (χ0) is 12.1. The molecule has 0 radical (unpaired) electrons. The topological polar surface area (TPSA) is 66.4 Å². The third kappa shape index (κ3) is 3.55. The third-order valence-electron chi connectivity index (χ3n) is 1.99. The first-order valence-corrected chi connectivity index (χ1v) is 5.14. The van der Waals surface area contributed by atoms with E-state index in [-0.39, 0.29) is 18.9 Å². The summed E-state index contributed by atoms with van der Waals surface area (Å²) in [5, 5.41) is 11.3. The molecule has 0 bridgehead atoms. The summed E-state index contributed by atoms with van der Waals surface area (Å²) in [7, 11) is 0. The summed E-state index contributed by atoms with van der Waals surface area (Å²) in [6.45, 7) is 1.97. The lowest BCUT2D eigenvalue weighted by molar-refractivity contribution is -0.136. The molecular weight excluding hydrogens is 230 g/mol. The van der Waals surface area contributed by atoms with E-state index in [0.717, 1.165) is 5.56 Å². The van der Waals surface area contributed by atoms with Crippen LogP contribution in [0, 0.1) is 6.92 Å². The molecular formula is C11H12ClNO3. The van der Waals surface area contributed by atoms with Crippen LogP contribution >= 0.6 is 11.6 Å². The fraction of sp³-hybridized carbons (Fsp3) is 0.273. The average Bonchev–Trinajstić information content (AvgIpc) is 2.16. The van der Waals surface area contributed by atoms with Crippen molar-refractivity contribution in [2.75, 3.05) is 6.54 Å². The van der Waals surface area contributed by atoms with Crippen LogP contribution in [-0.2, 0) is 4.79 Å². The largest absolute Gasteiger partial charge is 0.481 e. The standard InChI is InChI=1S/C11H12ClNO3/c1-7-2-3-8(9(12)6-7)11(16)13-5-4-10(14)15/h2-3,6H,4-5H2,1H3,(H,13,16)(H,14,15). The van der Waals surface area contributed by atoms with Gasteiger partial charge in [0.1, 0.15) is 0 Å². The monoisotopic (exact) mass is 241 g/mol. The molecule has 4 nitrogen and oxygen atoms in total. The van der Waals surface area contributed by atoms with Gasteiger partial charge in [-0.05, 0) is 24.6 Å². The summed E-state index contributed by atoms with van der Waals surface area (Å²) in [5.74, 6) is -1.30. The molecule has 0 unspecified atom stereocenters. The molecule has 0 aliphatic rings. The molecule has 1 rings (SSSR count). The molecule has 0 spiro atoms. The molecule has 0 atom stereocenters. The Morgan fingerprint density at radius 3 is 2.69 bits per heavy atom. The fourth-order valence-corrected chi connectivity index (χ4v) is 1.50. The number of carboxylic acids is 1. The molecule has 0 heterocycles. The highest BCUT2D eigenvalue weighted by atomic mass is 35.5. The molecule has 1 aromatic carbocycles. The number of carbonyl (C=O) groups is 2. The average molecular weight is 242 g/mol. The summed E-state index contributed by atoms with van der Waals surface area (Å²) in [6, 6.07) is 5.08. The van der Waals surface area contributed by atoms with Gasteiger partial charge in [0.25, 0.3) is 5.91 Å². The Kier molecular flexibility index (Phi) is 4.31. The van der Waals surface area contributed by atoms with E-state index >= 15 is 0 Å². The van der Waals surface area contributed by atoms with Gasteiger partial charge in [-0.3, -0.25) is 9.59 Å². The first kappa shape index (κ1) is 12.5. The van der Waals surface area contributed by atoms with E-state index in [0.29, 0.717) is 10.6 Å². The Balaban J connectivity index is 2.63. The maximum atomic E-state index is 11.6. The second-order valence-corrected chi connectivity index (χ2v) is 3.79. The van der Waals surface area contributed by atoms with Crippen molar-refractivity contribution >= 4 is 23.5 Å². The van der Waals surface area contributed by atoms with Crippen molar-refractivity contribution in [1.82, 2.24) is 5.32 Å². The number of carboxylic acid groups (broad SMARTS) is 1. The number of rotatable bonds is 4. The lowest BCUT2D eigenvalue weighted by Crippen LogP contribution is -2.26. The Labute approximate surface area is 98.2 Å². The molecule has 5 heteroatoms. The zero-order valence-electron chi connectivity index (χ0n) is 8.79. The number of carbonyl (C=O) groups excluding carboxylic acids is 1. The van der Waals surface area contributed by atoms with Gasteiger partial charge in [0, 0.05) is 6.54 Å². The minimum absolute atomic E-state index is 0.0956. The number of aliphatic carboxylic acids is 1. The number of amides is 1. The Morgan fingerprint density at radius 2 is 2.12 bits per heavy atom. The maximum Gasteiger partial charge on any atom is 0.305 e. The van der Waals surface area contributed by atoms with Crippen LogP contribution in [0.1, 0.15) is 22.3 Å². The summed E-state index contributed by atoms with van der Waals surface area (Å²) < 4.78 is 0. The maximum absolute atomic E-state index is 11.6. The van der Waals surface area contributed by atoms with Gasteiger partial charge in [-0.15, -0.1) is 0 Å². The van der Waals surface area contributed by atoms with Crippen molar-refractivity contribution in [2.24, 2.45) is 0 Å². The highest BCUT2D eigenvalue weighted by molar-refractivity contribution is 6.33. The van der Waals surface area contributed by atoms with E-state index in [1.807, 2.05) is 6.92 Å². The molecule has 2 N–H and O–H groups in total. The molecule has 0 saturated heterocycles. The van der Waals surface area contributed by atoms with Gasteiger partial charge in [-0.2, -0.15) is 0 Å². The van der Waals surface area contributed by atoms with E-state index in [4.69, 9.17) is 16.7 Å². The summed E-state index contributed by atoms with van der Waals surface area (Å²) in [4.78, 5) is 21.8. The van der Waals surface area contributed by atoms with Gasteiger partial charge >= 0.3 is 5.97 Å². The predicted octanol–water partition coefficient (Wildman–Crippen LogP) is 1.85. The van der Waals surface area contributed by atoms with Crippen LogP contribution in [0.3, 0.4) is 0 Å². The molecule has 0 aliphatic carbocycles. The van der Waals surface area contributed by atoms with Gasteiger partial charge in [0.2, 0.25) is 0 Å². The molecule has 0 saturated carbocycles. The Bertz CT molecular complexity index is 418. The third-order valence-corrected chi connectivity index (χ3v) is 2.31. The lowest BCUT2D eigenvalue weighted by atomic mass is 10.1. The highest BCUT2D eigenvalue weighted by Gasteiger charge is 2.09. The van der Waals surface area contributed by atoms with E-state index in [1.54, 1.807) is 18.2 Å². The normalized spacial score (nSPS) is 9.88. The van der Waals surface area contributed by atoms with Crippen molar-refractivity contribution in [1.29, 1.82) is 0 Å². The minimum Gasteiger partial charge on any atom is -0.481 e. The summed E-state index contributed by atoms with van der Waals surface area (Å²) >= 11 is 5.89. The molecule has 86 valence electrons. The number of hydrogen-bond donors (Lipinski definition) is 2. The van der Waals surface area contributed by atoms with Crippen LogP contribution in [0.5, 0.6) is 0 Å². The van der Waals surface area contributed by atoms with E-state index in [9.17, 15) is 9.59 Å². The zero-order valence-corrected chi connectivity index (χ0v) is 9.54.